The lowest BCUT2D eigenvalue weighted by molar-refractivity contribution is -0.0501. The van der Waals surface area contributed by atoms with E-state index >= 15 is 0 Å². The Kier molecular flexibility index (Phi) is 4.22. The van der Waals surface area contributed by atoms with Gasteiger partial charge in [0.05, 0.1) is 24.5 Å². The van der Waals surface area contributed by atoms with Crippen LogP contribution >= 0.6 is 0 Å². The number of nitrogens with zero attached hydrogens (tertiary/aromatic N) is 2. The third kappa shape index (κ3) is 3.52. The lowest BCUT2D eigenvalue weighted by atomic mass is 10.2. The summed E-state index contributed by atoms with van der Waals surface area (Å²) in [4.78, 5) is 12.0. The number of alkyl halides is 2. The van der Waals surface area contributed by atoms with Crippen molar-refractivity contribution in [3.05, 3.63) is 30.1 Å². The van der Waals surface area contributed by atoms with Gasteiger partial charge in [-0.2, -0.15) is 13.9 Å². The summed E-state index contributed by atoms with van der Waals surface area (Å²) in [5, 5.41) is 3.97. The number of carbonyl (C=O) groups is 1. The van der Waals surface area contributed by atoms with Gasteiger partial charge in [-0.25, -0.2) is 9.31 Å². The molecule has 0 atom stereocenters. The Morgan fingerprint density at radius 3 is 2.95 bits per heavy atom. The smallest absolute Gasteiger partial charge is 0.387 e. The van der Waals surface area contributed by atoms with E-state index in [0.717, 1.165) is 18.8 Å². The molecule has 1 saturated carbocycles. The van der Waals surface area contributed by atoms with Crippen molar-refractivity contribution in [1.29, 1.82) is 0 Å². The van der Waals surface area contributed by atoms with E-state index in [0.29, 0.717) is 17.7 Å². The molecule has 0 saturated heterocycles. The van der Waals surface area contributed by atoms with Crippen LogP contribution in [0.15, 0.2) is 24.5 Å². The molecule has 0 aliphatic heterocycles. The molecule has 0 radical (unpaired) electrons. The third-order valence-electron chi connectivity index (χ3n) is 3.62. The number of pyridine rings is 1. The van der Waals surface area contributed by atoms with E-state index in [4.69, 9.17) is 4.74 Å². The monoisotopic (exact) mass is 310 g/mol. The number of halogens is 2. The van der Waals surface area contributed by atoms with Crippen LogP contribution in [0.25, 0.3) is 5.52 Å². The molecule has 1 aliphatic carbocycles. The number of fused-ring (bicyclic) bond motifs is 1. The second-order valence-electron chi connectivity index (χ2n) is 5.35. The molecule has 0 bridgehead atoms. The van der Waals surface area contributed by atoms with Crippen LogP contribution in [0.1, 0.15) is 36.0 Å². The molecular formula is C15H16F2N2O3. The minimum atomic E-state index is -2.90. The molecule has 3 rings (SSSR count). The maximum atomic E-state index is 12.2. The first-order valence-electron chi connectivity index (χ1n) is 7.23. The molecule has 5 nitrogen and oxygen atoms in total. The fourth-order valence-electron chi connectivity index (χ4n) is 2.32. The van der Waals surface area contributed by atoms with Crippen LogP contribution in [0.3, 0.4) is 0 Å². The van der Waals surface area contributed by atoms with Crippen molar-refractivity contribution in [2.45, 2.75) is 32.3 Å². The van der Waals surface area contributed by atoms with Crippen molar-refractivity contribution < 1.29 is 23.0 Å². The highest BCUT2D eigenvalue weighted by molar-refractivity contribution is 5.96. The zero-order chi connectivity index (χ0) is 15.5. The van der Waals surface area contributed by atoms with Gasteiger partial charge in [0.15, 0.2) is 0 Å². The Bertz CT molecular complexity index is 668. The van der Waals surface area contributed by atoms with Crippen molar-refractivity contribution in [1.82, 2.24) is 9.61 Å². The van der Waals surface area contributed by atoms with Gasteiger partial charge in [-0.15, -0.1) is 0 Å². The zero-order valence-electron chi connectivity index (χ0n) is 11.9. The fraction of sp³-hybridized carbons (Fsp3) is 0.467. The summed E-state index contributed by atoms with van der Waals surface area (Å²) >= 11 is 0. The summed E-state index contributed by atoms with van der Waals surface area (Å²) in [6.07, 6.45) is 7.18. The van der Waals surface area contributed by atoms with Crippen LogP contribution in [0.4, 0.5) is 8.78 Å². The summed E-state index contributed by atoms with van der Waals surface area (Å²) in [6.45, 7) is -2.51. The van der Waals surface area contributed by atoms with Crippen molar-refractivity contribution in [2.24, 2.45) is 5.92 Å². The quantitative estimate of drug-likeness (QED) is 0.582. The summed E-state index contributed by atoms with van der Waals surface area (Å²) < 4.78 is 35.2. The molecular weight excluding hydrogens is 294 g/mol. The van der Waals surface area contributed by atoms with E-state index in [2.05, 4.69) is 9.84 Å². The standard InChI is InChI=1S/C15H16F2N2O3/c16-15(17)22-11-5-6-13-12(8-18-19(13)9-11)14(20)21-7-1-2-10-3-4-10/h5-6,8-10,15H,1-4,7H2. The summed E-state index contributed by atoms with van der Waals surface area (Å²) in [5.74, 6) is 0.340. The molecule has 0 unspecified atom stereocenters. The van der Waals surface area contributed by atoms with Gasteiger partial charge in [0.25, 0.3) is 0 Å². The highest BCUT2D eigenvalue weighted by Crippen LogP contribution is 2.33. The topological polar surface area (TPSA) is 52.8 Å². The second kappa shape index (κ2) is 6.29. The van der Waals surface area contributed by atoms with Gasteiger partial charge in [-0.05, 0) is 30.9 Å². The number of carbonyl (C=O) groups excluding carboxylic acids is 1. The van der Waals surface area contributed by atoms with E-state index in [1.165, 1.54) is 41.9 Å². The molecule has 2 aromatic heterocycles. The molecule has 2 aromatic rings. The first-order chi connectivity index (χ1) is 10.6. The number of rotatable bonds is 7. The SMILES string of the molecule is O=C(OCCCC1CC1)c1cnn2cc(OC(F)F)ccc12. The third-order valence-corrected chi connectivity index (χ3v) is 3.62. The average Bonchev–Trinajstić information content (AvgIpc) is 3.20. The lowest BCUT2D eigenvalue weighted by Crippen LogP contribution is -2.06. The Balaban J connectivity index is 1.63. The molecule has 2 heterocycles. The summed E-state index contributed by atoms with van der Waals surface area (Å²) in [6, 6.07) is 2.87. The van der Waals surface area contributed by atoms with Crippen molar-refractivity contribution in [2.75, 3.05) is 6.61 Å². The predicted molar refractivity (Wildman–Crippen MR) is 74.1 cm³/mol. The molecule has 0 aromatic carbocycles. The minimum absolute atomic E-state index is 0.0186. The molecule has 0 N–H and O–H groups in total. The molecule has 22 heavy (non-hydrogen) atoms. The van der Waals surface area contributed by atoms with Crippen LogP contribution in [0.2, 0.25) is 0 Å². The minimum Gasteiger partial charge on any atom is -0.462 e. The van der Waals surface area contributed by atoms with Crippen molar-refractivity contribution >= 4 is 11.5 Å². The molecule has 1 fully saturated rings. The summed E-state index contributed by atoms with van der Waals surface area (Å²) in [5.41, 5.74) is 0.809. The number of esters is 1. The highest BCUT2D eigenvalue weighted by Gasteiger charge is 2.21. The molecule has 1 aliphatic rings. The highest BCUT2D eigenvalue weighted by atomic mass is 19.3. The Hall–Kier alpha value is -2.18. The van der Waals surface area contributed by atoms with Crippen LogP contribution < -0.4 is 4.74 Å². The maximum absolute atomic E-state index is 12.2. The van der Waals surface area contributed by atoms with Gasteiger partial charge in [-0.3, -0.25) is 0 Å². The van der Waals surface area contributed by atoms with E-state index in [9.17, 15) is 13.6 Å². The molecule has 0 spiro atoms. The number of ether oxygens (including phenoxy) is 2. The van der Waals surface area contributed by atoms with Crippen LogP contribution in [0.5, 0.6) is 5.75 Å². The number of hydrogen-bond acceptors (Lipinski definition) is 4. The van der Waals surface area contributed by atoms with E-state index in [-0.39, 0.29) is 5.75 Å². The van der Waals surface area contributed by atoms with E-state index in [1.807, 2.05) is 0 Å². The largest absolute Gasteiger partial charge is 0.462 e. The Morgan fingerprint density at radius 2 is 2.23 bits per heavy atom. The van der Waals surface area contributed by atoms with Gasteiger partial charge in [-0.1, -0.05) is 12.8 Å². The van der Waals surface area contributed by atoms with Gasteiger partial charge in [0, 0.05) is 0 Å². The van der Waals surface area contributed by atoms with Crippen LogP contribution in [-0.2, 0) is 4.74 Å². The van der Waals surface area contributed by atoms with Crippen LogP contribution in [-0.4, -0.2) is 28.8 Å². The number of hydrogen-bond donors (Lipinski definition) is 0. The second-order valence-corrected chi connectivity index (χ2v) is 5.35. The van der Waals surface area contributed by atoms with E-state index in [1.54, 1.807) is 0 Å². The van der Waals surface area contributed by atoms with Crippen molar-refractivity contribution in [3.63, 3.8) is 0 Å². The summed E-state index contributed by atoms with van der Waals surface area (Å²) in [7, 11) is 0. The first-order valence-corrected chi connectivity index (χ1v) is 7.23. The maximum Gasteiger partial charge on any atom is 0.387 e. The lowest BCUT2D eigenvalue weighted by Gasteiger charge is -2.05. The molecule has 7 heteroatoms. The van der Waals surface area contributed by atoms with Crippen LogP contribution in [0, 0.1) is 5.92 Å². The van der Waals surface area contributed by atoms with Gasteiger partial charge in [0.1, 0.15) is 11.3 Å². The van der Waals surface area contributed by atoms with Gasteiger partial charge in [0.2, 0.25) is 0 Å². The average molecular weight is 310 g/mol. The Labute approximate surface area is 125 Å². The molecule has 118 valence electrons. The first kappa shape index (κ1) is 14.7. The molecule has 0 amide bonds. The predicted octanol–water partition coefficient (Wildman–Crippen LogP) is 3.28. The van der Waals surface area contributed by atoms with Gasteiger partial charge < -0.3 is 9.47 Å². The van der Waals surface area contributed by atoms with Crippen molar-refractivity contribution in [3.8, 4) is 5.75 Å². The van der Waals surface area contributed by atoms with E-state index < -0.39 is 12.6 Å². The number of aromatic nitrogens is 2. The normalized spacial score (nSPS) is 14.5. The van der Waals surface area contributed by atoms with Gasteiger partial charge >= 0.3 is 12.6 Å². The Morgan fingerprint density at radius 1 is 1.41 bits per heavy atom. The fourth-order valence-corrected chi connectivity index (χ4v) is 2.32. The zero-order valence-corrected chi connectivity index (χ0v) is 11.9.